The van der Waals surface area contributed by atoms with Gasteiger partial charge in [0.15, 0.2) is 0 Å². The van der Waals surface area contributed by atoms with E-state index in [-0.39, 0.29) is 0 Å². The topological polar surface area (TPSA) is 44.3 Å². The fourth-order valence-electron chi connectivity index (χ4n) is 2.36. The van der Waals surface area contributed by atoms with Crippen LogP contribution >= 0.6 is 15.9 Å². The van der Waals surface area contributed by atoms with Gasteiger partial charge in [-0.25, -0.2) is 4.98 Å². The van der Waals surface area contributed by atoms with Crippen molar-refractivity contribution in [2.24, 2.45) is 5.92 Å². The lowest BCUT2D eigenvalue weighted by Crippen LogP contribution is -2.47. The van der Waals surface area contributed by atoms with E-state index < -0.39 is 0 Å². The van der Waals surface area contributed by atoms with Gasteiger partial charge in [-0.2, -0.15) is 4.98 Å². The van der Waals surface area contributed by atoms with Crippen LogP contribution < -0.4 is 10.2 Å². The molecule has 1 aliphatic heterocycles. The summed E-state index contributed by atoms with van der Waals surface area (Å²) >= 11 is 3.54. The van der Waals surface area contributed by atoms with E-state index in [0.717, 1.165) is 42.4 Å². The minimum atomic E-state index is 0.669. The monoisotopic (exact) mass is 327 g/mol. The molecule has 0 bridgehead atoms. The van der Waals surface area contributed by atoms with Gasteiger partial charge in [0, 0.05) is 46.0 Å². The van der Waals surface area contributed by atoms with E-state index in [0.29, 0.717) is 5.95 Å². The van der Waals surface area contributed by atoms with E-state index in [2.05, 4.69) is 54.9 Å². The molecule has 0 aliphatic carbocycles. The van der Waals surface area contributed by atoms with Crippen molar-refractivity contribution in [2.75, 3.05) is 50.0 Å². The van der Waals surface area contributed by atoms with Gasteiger partial charge in [0.2, 0.25) is 5.95 Å². The first kappa shape index (κ1) is 14.5. The van der Waals surface area contributed by atoms with E-state index in [9.17, 15) is 0 Å². The van der Waals surface area contributed by atoms with Gasteiger partial charge in [-0.05, 0) is 21.8 Å². The molecule has 1 N–H and O–H groups in total. The fourth-order valence-corrected chi connectivity index (χ4v) is 2.80. The molecular formula is C13H22BrN5. The highest BCUT2D eigenvalue weighted by Gasteiger charge is 2.20. The summed E-state index contributed by atoms with van der Waals surface area (Å²) in [7, 11) is 1.84. The smallest absolute Gasteiger partial charge is 0.224 e. The van der Waals surface area contributed by atoms with Gasteiger partial charge in [-0.15, -0.1) is 0 Å². The summed E-state index contributed by atoms with van der Waals surface area (Å²) in [5.41, 5.74) is 0. The molecule has 1 saturated heterocycles. The SMILES string of the molecule is CNc1ncc(Br)c(N2CCN(CC(C)C)CC2)n1. The van der Waals surface area contributed by atoms with Crippen molar-refractivity contribution >= 4 is 27.7 Å². The Kier molecular flexibility index (Phi) is 4.99. The minimum absolute atomic E-state index is 0.669. The summed E-state index contributed by atoms with van der Waals surface area (Å²) in [6, 6.07) is 0. The maximum atomic E-state index is 4.54. The normalized spacial score (nSPS) is 17.0. The van der Waals surface area contributed by atoms with Gasteiger partial charge in [0.1, 0.15) is 5.82 Å². The average molecular weight is 328 g/mol. The highest BCUT2D eigenvalue weighted by atomic mass is 79.9. The lowest BCUT2D eigenvalue weighted by Gasteiger charge is -2.36. The maximum Gasteiger partial charge on any atom is 0.224 e. The lowest BCUT2D eigenvalue weighted by atomic mass is 10.2. The number of aromatic nitrogens is 2. The number of hydrogen-bond donors (Lipinski definition) is 1. The Bertz CT molecular complexity index is 415. The molecule has 2 heterocycles. The molecule has 1 aromatic rings. The molecule has 0 aromatic carbocycles. The number of hydrogen-bond acceptors (Lipinski definition) is 5. The van der Waals surface area contributed by atoms with Crippen LogP contribution in [0, 0.1) is 5.92 Å². The molecule has 0 atom stereocenters. The molecule has 0 unspecified atom stereocenters. The second-order valence-electron chi connectivity index (χ2n) is 5.30. The van der Waals surface area contributed by atoms with E-state index in [1.165, 1.54) is 6.54 Å². The Hall–Kier alpha value is -0.880. The van der Waals surface area contributed by atoms with Crippen LogP contribution in [0.25, 0.3) is 0 Å². The fraction of sp³-hybridized carbons (Fsp3) is 0.692. The first-order chi connectivity index (χ1) is 9.10. The number of nitrogens with one attached hydrogen (secondary N) is 1. The van der Waals surface area contributed by atoms with Crippen molar-refractivity contribution in [2.45, 2.75) is 13.8 Å². The molecule has 106 valence electrons. The molecule has 1 aromatic heterocycles. The second kappa shape index (κ2) is 6.52. The van der Waals surface area contributed by atoms with Gasteiger partial charge >= 0.3 is 0 Å². The number of nitrogens with zero attached hydrogens (tertiary/aromatic N) is 4. The van der Waals surface area contributed by atoms with Crippen molar-refractivity contribution in [1.82, 2.24) is 14.9 Å². The molecule has 1 aliphatic rings. The summed E-state index contributed by atoms with van der Waals surface area (Å²) in [4.78, 5) is 13.6. The van der Waals surface area contributed by atoms with Crippen LogP contribution in [0.3, 0.4) is 0 Å². The zero-order chi connectivity index (χ0) is 13.8. The van der Waals surface area contributed by atoms with Crippen LogP contribution in [0.2, 0.25) is 0 Å². The largest absolute Gasteiger partial charge is 0.357 e. The number of anilines is 2. The van der Waals surface area contributed by atoms with E-state index in [1.54, 1.807) is 0 Å². The zero-order valence-corrected chi connectivity index (χ0v) is 13.4. The number of piperazine rings is 1. The Labute approximate surface area is 123 Å². The quantitative estimate of drug-likeness (QED) is 0.917. The van der Waals surface area contributed by atoms with Gasteiger partial charge < -0.3 is 10.2 Å². The van der Waals surface area contributed by atoms with E-state index in [1.807, 2.05) is 13.2 Å². The predicted molar refractivity (Wildman–Crippen MR) is 82.8 cm³/mol. The zero-order valence-electron chi connectivity index (χ0n) is 11.9. The third-order valence-electron chi connectivity index (χ3n) is 3.24. The second-order valence-corrected chi connectivity index (χ2v) is 6.15. The molecule has 5 nitrogen and oxygen atoms in total. The molecule has 0 radical (unpaired) electrons. The maximum absolute atomic E-state index is 4.54. The van der Waals surface area contributed by atoms with Crippen LogP contribution in [0.4, 0.5) is 11.8 Å². The summed E-state index contributed by atoms with van der Waals surface area (Å²) < 4.78 is 0.962. The Balaban J connectivity index is 2.01. The molecule has 19 heavy (non-hydrogen) atoms. The first-order valence-electron chi connectivity index (χ1n) is 6.77. The van der Waals surface area contributed by atoms with Gasteiger partial charge in [0.05, 0.1) is 4.47 Å². The highest BCUT2D eigenvalue weighted by Crippen LogP contribution is 2.25. The van der Waals surface area contributed by atoms with Crippen molar-refractivity contribution in [3.8, 4) is 0 Å². The Morgan fingerprint density at radius 1 is 1.32 bits per heavy atom. The summed E-state index contributed by atoms with van der Waals surface area (Å²) in [6.07, 6.45) is 1.81. The Morgan fingerprint density at radius 3 is 2.58 bits per heavy atom. The summed E-state index contributed by atoms with van der Waals surface area (Å²) in [6.45, 7) is 9.96. The number of halogens is 1. The van der Waals surface area contributed by atoms with E-state index >= 15 is 0 Å². The molecular weight excluding hydrogens is 306 g/mol. The lowest BCUT2D eigenvalue weighted by molar-refractivity contribution is 0.231. The molecule has 0 amide bonds. The Morgan fingerprint density at radius 2 is 2.00 bits per heavy atom. The van der Waals surface area contributed by atoms with Crippen molar-refractivity contribution in [1.29, 1.82) is 0 Å². The van der Waals surface area contributed by atoms with Crippen LogP contribution in [0.1, 0.15) is 13.8 Å². The molecule has 0 saturated carbocycles. The first-order valence-corrected chi connectivity index (χ1v) is 7.57. The van der Waals surface area contributed by atoms with E-state index in [4.69, 9.17) is 0 Å². The molecule has 0 spiro atoms. The third-order valence-corrected chi connectivity index (χ3v) is 3.80. The average Bonchev–Trinajstić information content (AvgIpc) is 2.40. The highest BCUT2D eigenvalue weighted by molar-refractivity contribution is 9.10. The van der Waals surface area contributed by atoms with Gasteiger partial charge in [0.25, 0.3) is 0 Å². The standard InChI is InChI=1S/C13H22BrN5/c1-10(2)9-18-4-6-19(7-5-18)12-11(14)8-16-13(15-3)17-12/h8,10H,4-7,9H2,1-3H3,(H,15,16,17). The predicted octanol–water partition coefficient (Wildman–Crippen LogP) is 2.06. The van der Waals surface area contributed by atoms with Crippen molar-refractivity contribution < 1.29 is 0 Å². The third kappa shape index (κ3) is 3.79. The molecule has 6 heteroatoms. The van der Waals surface area contributed by atoms with Crippen molar-refractivity contribution in [3.05, 3.63) is 10.7 Å². The number of rotatable bonds is 4. The van der Waals surface area contributed by atoms with Crippen LogP contribution in [0.15, 0.2) is 10.7 Å². The van der Waals surface area contributed by atoms with Crippen LogP contribution in [-0.2, 0) is 0 Å². The van der Waals surface area contributed by atoms with Crippen molar-refractivity contribution in [3.63, 3.8) is 0 Å². The molecule has 2 rings (SSSR count). The summed E-state index contributed by atoms with van der Waals surface area (Å²) in [5.74, 6) is 2.39. The van der Waals surface area contributed by atoms with Crippen LogP contribution in [-0.4, -0.2) is 54.6 Å². The van der Waals surface area contributed by atoms with Gasteiger partial charge in [-0.3, -0.25) is 4.90 Å². The summed E-state index contributed by atoms with van der Waals surface area (Å²) in [5, 5.41) is 2.99. The minimum Gasteiger partial charge on any atom is -0.357 e. The van der Waals surface area contributed by atoms with Crippen LogP contribution in [0.5, 0.6) is 0 Å². The molecule has 1 fully saturated rings. The van der Waals surface area contributed by atoms with Gasteiger partial charge in [-0.1, -0.05) is 13.8 Å².